The van der Waals surface area contributed by atoms with E-state index < -0.39 is 0 Å². The number of aryl methyl sites for hydroxylation is 1. The van der Waals surface area contributed by atoms with Crippen LogP contribution in [-0.2, 0) is 11.8 Å². The summed E-state index contributed by atoms with van der Waals surface area (Å²) < 4.78 is 7.07. The summed E-state index contributed by atoms with van der Waals surface area (Å²) in [6.45, 7) is 4.85. The van der Waals surface area contributed by atoms with E-state index in [1.807, 2.05) is 19.9 Å². The third kappa shape index (κ3) is 2.50. The van der Waals surface area contributed by atoms with Crippen molar-refractivity contribution >= 4 is 16.9 Å². The van der Waals surface area contributed by atoms with Crippen LogP contribution in [0.3, 0.4) is 0 Å². The maximum Gasteiger partial charge on any atom is 0.264 e. The van der Waals surface area contributed by atoms with Gasteiger partial charge in [-0.3, -0.25) is 14.2 Å². The highest BCUT2D eigenvalue weighted by Crippen LogP contribution is 2.15. The lowest BCUT2D eigenvalue weighted by molar-refractivity contribution is -0.0586. The molecule has 1 fully saturated rings. The van der Waals surface area contributed by atoms with Gasteiger partial charge in [-0.2, -0.15) is 0 Å². The zero-order valence-electron chi connectivity index (χ0n) is 12.9. The topological polar surface area (TPSA) is 64.4 Å². The molecule has 1 amide bonds. The van der Waals surface area contributed by atoms with Crippen LogP contribution in [0.1, 0.15) is 24.2 Å². The molecule has 6 nitrogen and oxygen atoms in total. The summed E-state index contributed by atoms with van der Waals surface area (Å²) in [5, 5.41) is 0.780. The number of carbonyl (C=O) groups is 1. The molecule has 0 N–H and O–H groups in total. The molecule has 1 aliphatic heterocycles. The Kier molecular flexibility index (Phi) is 3.70. The molecule has 0 aromatic carbocycles. The minimum absolute atomic E-state index is 0.0290. The lowest BCUT2D eigenvalue weighted by Crippen LogP contribution is -2.49. The number of fused-ring (bicyclic) bond motifs is 1. The van der Waals surface area contributed by atoms with Crippen molar-refractivity contribution in [2.24, 2.45) is 7.05 Å². The summed E-state index contributed by atoms with van der Waals surface area (Å²) in [6.07, 6.45) is 1.58. The first kappa shape index (κ1) is 14.7. The number of hydrogen-bond acceptors (Lipinski definition) is 4. The molecule has 0 bridgehead atoms. The molecule has 0 aliphatic carbocycles. The number of amides is 1. The number of carbonyl (C=O) groups excluding carboxylic acids is 1. The first-order chi connectivity index (χ1) is 10.5. The van der Waals surface area contributed by atoms with E-state index in [0.29, 0.717) is 18.7 Å². The predicted molar refractivity (Wildman–Crippen MR) is 82.9 cm³/mol. The van der Waals surface area contributed by atoms with Crippen LogP contribution in [0.2, 0.25) is 0 Å². The van der Waals surface area contributed by atoms with Gasteiger partial charge in [0.15, 0.2) is 0 Å². The average molecular weight is 301 g/mol. The highest BCUT2D eigenvalue weighted by Gasteiger charge is 2.28. The van der Waals surface area contributed by atoms with Crippen molar-refractivity contribution in [3.63, 3.8) is 0 Å². The number of rotatable bonds is 1. The Morgan fingerprint density at radius 3 is 2.68 bits per heavy atom. The van der Waals surface area contributed by atoms with E-state index in [-0.39, 0.29) is 29.2 Å². The van der Waals surface area contributed by atoms with Crippen molar-refractivity contribution in [1.29, 1.82) is 0 Å². The van der Waals surface area contributed by atoms with Crippen molar-refractivity contribution in [3.05, 3.63) is 40.3 Å². The lowest BCUT2D eigenvalue weighted by Gasteiger charge is -2.35. The van der Waals surface area contributed by atoms with Gasteiger partial charge < -0.3 is 9.64 Å². The van der Waals surface area contributed by atoms with Crippen LogP contribution >= 0.6 is 0 Å². The number of aromatic nitrogens is 2. The van der Waals surface area contributed by atoms with Gasteiger partial charge in [-0.1, -0.05) is 0 Å². The minimum atomic E-state index is -0.317. The molecular weight excluding hydrogens is 282 g/mol. The van der Waals surface area contributed by atoms with Gasteiger partial charge in [0.25, 0.3) is 11.5 Å². The van der Waals surface area contributed by atoms with Crippen LogP contribution in [0.25, 0.3) is 11.0 Å². The van der Waals surface area contributed by atoms with E-state index >= 15 is 0 Å². The number of morpholine rings is 1. The van der Waals surface area contributed by atoms with Crippen molar-refractivity contribution in [2.75, 3.05) is 13.1 Å². The van der Waals surface area contributed by atoms with Crippen LogP contribution in [0.5, 0.6) is 0 Å². The second-order valence-electron chi connectivity index (χ2n) is 5.81. The molecule has 0 radical (unpaired) electrons. The third-order valence-electron chi connectivity index (χ3n) is 3.91. The SMILES string of the molecule is C[C@H]1CN(C(=O)c2cc3cccnc3n(C)c2=O)C[C@H](C)O1. The Bertz CT molecular complexity index is 774. The second-order valence-corrected chi connectivity index (χ2v) is 5.81. The van der Waals surface area contributed by atoms with E-state index in [2.05, 4.69) is 4.98 Å². The largest absolute Gasteiger partial charge is 0.372 e. The monoisotopic (exact) mass is 301 g/mol. The fourth-order valence-electron chi connectivity index (χ4n) is 2.96. The van der Waals surface area contributed by atoms with Crippen LogP contribution < -0.4 is 5.56 Å². The standard InChI is InChI=1S/C16H19N3O3/c1-10-8-19(9-11(2)22-10)16(21)13-7-12-5-4-6-17-14(12)18(3)15(13)20/h4-7,10-11H,8-9H2,1-3H3/t10-,11-/m0/s1. The normalized spacial score (nSPS) is 22.0. The average Bonchev–Trinajstić information content (AvgIpc) is 2.49. The van der Waals surface area contributed by atoms with Crippen molar-refractivity contribution in [3.8, 4) is 0 Å². The number of pyridine rings is 2. The summed E-state index contributed by atoms with van der Waals surface area (Å²) in [5.74, 6) is -0.242. The molecule has 3 rings (SSSR count). The summed E-state index contributed by atoms with van der Waals surface area (Å²) in [6, 6.07) is 5.28. The second kappa shape index (κ2) is 5.53. The van der Waals surface area contributed by atoms with E-state index in [1.165, 1.54) is 4.57 Å². The van der Waals surface area contributed by atoms with Crippen molar-refractivity contribution in [1.82, 2.24) is 14.5 Å². The molecule has 2 aromatic heterocycles. The Labute approximate surface area is 128 Å². The maximum absolute atomic E-state index is 12.7. The van der Waals surface area contributed by atoms with Crippen molar-refractivity contribution < 1.29 is 9.53 Å². The fourth-order valence-corrected chi connectivity index (χ4v) is 2.96. The quantitative estimate of drug-likeness (QED) is 0.793. The summed E-state index contributed by atoms with van der Waals surface area (Å²) in [5.41, 5.74) is 0.445. The van der Waals surface area contributed by atoms with E-state index in [9.17, 15) is 9.59 Å². The fraction of sp³-hybridized carbons (Fsp3) is 0.438. The third-order valence-corrected chi connectivity index (χ3v) is 3.91. The molecule has 116 valence electrons. The van der Waals surface area contributed by atoms with Gasteiger partial charge >= 0.3 is 0 Å². The van der Waals surface area contributed by atoms with E-state index in [1.54, 1.807) is 30.3 Å². The van der Waals surface area contributed by atoms with Crippen LogP contribution in [0, 0.1) is 0 Å². The molecule has 3 heterocycles. The zero-order chi connectivity index (χ0) is 15.9. The Hall–Kier alpha value is -2.21. The Balaban J connectivity index is 2.04. The zero-order valence-corrected chi connectivity index (χ0v) is 12.9. The molecule has 1 aliphatic rings. The minimum Gasteiger partial charge on any atom is -0.372 e. The molecule has 1 saturated heterocycles. The molecule has 2 atom stereocenters. The maximum atomic E-state index is 12.7. The Morgan fingerprint density at radius 2 is 2.00 bits per heavy atom. The summed E-state index contributed by atoms with van der Waals surface area (Å²) >= 11 is 0. The van der Waals surface area contributed by atoms with Gasteiger partial charge in [0, 0.05) is 31.7 Å². The molecule has 0 saturated carbocycles. The van der Waals surface area contributed by atoms with Gasteiger partial charge in [0.05, 0.1) is 12.2 Å². The van der Waals surface area contributed by atoms with E-state index in [4.69, 9.17) is 4.74 Å². The number of ether oxygens (including phenoxy) is 1. The molecular formula is C16H19N3O3. The molecule has 2 aromatic rings. The van der Waals surface area contributed by atoms with Gasteiger partial charge in [0.1, 0.15) is 11.2 Å². The highest BCUT2D eigenvalue weighted by molar-refractivity contribution is 5.97. The summed E-state index contributed by atoms with van der Waals surface area (Å²) in [7, 11) is 1.64. The molecule has 0 unspecified atom stereocenters. The molecule has 6 heteroatoms. The van der Waals surface area contributed by atoms with Crippen LogP contribution in [0.15, 0.2) is 29.2 Å². The van der Waals surface area contributed by atoms with Crippen LogP contribution in [0.4, 0.5) is 0 Å². The van der Waals surface area contributed by atoms with Crippen LogP contribution in [-0.4, -0.2) is 45.7 Å². The first-order valence-corrected chi connectivity index (χ1v) is 7.37. The number of hydrogen-bond donors (Lipinski definition) is 0. The van der Waals surface area contributed by atoms with Gasteiger partial charge in [0.2, 0.25) is 0 Å². The van der Waals surface area contributed by atoms with Crippen molar-refractivity contribution in [2.45, 2.75) is 26.1 Å². The van der Waals surface area contributed by atoms with E-state index in [0.717, 1.165) is 5.39 Å². The first-order valence-electron chi connectivity index (χ1n) is 7.37. The molecule has 0 spiro atoms. The smallest absolute Gasteiger partial charge is 0.264 e. The predicted octanol–water partition coefficient (Wildman–Crippen LogP) is 1.18. The summed E-state index contributed by atoms with van der Waals surface area (Å²) in [4.78, 5) is 31.1. The van der Waals surface area contributed by atoms with Gasteiger partial charge in [-0.05, 0) is 32.0 Å². The number of nitrogens with zero attached hydrogens (tertiary/aromatic N) is 3. The lowest BCUT2D eigenvalue weighted by atomic mass is 10.1. The highest BCUT2D eigenvalue weighted by atomic mass is 16.5. The van der Waals surface area contributed by atoms with Gasteiger partial charge in [-0.25, -0.2) is 4.98 Å². The Morgan fingerprint density at radius 1 is 1.32 bits per heavy atom. The van der Waals surface area contributed by atoms with Gasteiger partial charge in [-0.15, -0.1) is 0 Å². The molecule has 22 heavy (non-hydrogen) atoms.